The van der Waals surface area contributed by atoms with Crippen LogP contribution in [0, 0.1) is 23.2 Å². The van der Waals surface area contributed by atoms with Crippen LogP contribution in [-0.4, -0.2) is 12.9 Å². The molecule has 4 aliphatic rings. The van der Waals surface area contributed by atoms with Gasteiger partial charge in [0.15, 0.2) is 5.78 Å². The Labute approximate surface area is 126 Å². The Morgan fingerprint density at radius 1 is 1.05 bits per heavy atom. The lowest BCUT2D eigenvalue weighted by atomic mass is 9.48. The van der Waals surface area contributed by atoms with Crippen LogP contribution >= 0.6 is 0 Å². The molecule has 0 radical (unpaired) electrons. The zero-order valence-corrected chi connectivity index (χ0v) is 12.8. The average Bonchev–Trinajstić information content (AvgIpc) is 2.45. The summed E-state index contributed by atoms with van der Waals surface area (Å²) in [5.41, 5.74) is 1.19. The van der Waals surface area contributed by atoms with Crippen molar-refractivity contribution in [2.75, 3.05) is 7.11 Å². The van der Waals surface area contributed by atoms with E-state index in [1.807, 2.05) is 24.3 Å². The Hall–Kier alpha value is -1.31. The summed E-state index contributed by atoms with van der Waals surface area (Å²) in [5, 5.41) is 0. The fourth-order valence-electron chi connectivity index (χ4n) is 5.73. The maximum atomic E-state index is 12.7. The smallest absolute Gasteiger partial charge is 0.163 e. The van der Waals surface area contributed by atoms with Crippen molar-refractivity contribution in [2.45, 2.75) is 44.9 Å². The number of carbonyl (C=O) groups is 1. The molecule has 2 nitrogen and oxygen atoms in total. The van der Waals surface area contributed by atoms with Crippen molar-refractivity contribution >= 4 is 5.78 Å². The molecule has 0 saturated heterocycles. The van der Waals surface area contributed by atoms with E-state index in [4.69, 9.17) is 4.74 Å². The maximum absolute atomic E-state index is 12.7. The Bertz CT molecular complexity index is 508. The molecule has 4 bridgehead atoms. The molecule has 4 aliphatic carbocycles. The summed E-state index contributed by atoms with van der Waals surface area (Å²) in [5.74, 6) is 3.90. The molecule has 0 amide bonds. The summed E-state index contributed by atoms with van der Waals surface area (Å²) in [7, 11) is 1.66. The van der Waals surface area contributed by atoms with Crippen LogP contribution in [0.5, 0.6) is 5.75 Å². The molecule has 1 aromatic carbocycles. The Morgan fingerprint density at radius 2 is 1.57 bits per heavy atom. The van der Waals surface area contributed by atoms with Crippen LogP contribution in [0.25, 0.3) is 0 Å². The van der Waals surface area contributed by atoms with Crippen molar-refractivity contribution in [1.29, 1.82) is 0 Å². The zero-order chi connectivity index (χ0) is 14.4. The van der Waals surface area contributed by atoms with E-state index >= 15 is 0 Å². The predicted octanol–water partition coefficient (Wildman–Crippen LogP) is 4.48. The van der Waals surface area contributed by atoms with E-state index in [1.54, 1.807) is 7.11 Å². The van der Waals surface area contributed by atoms with E-state index in [2.05, 4.69) is 0 Å². The van der Waals surface area contributed by atoms with Gasteiger partial charge in [-0.05, 0) is 86.0 Å². The van der Waals surface area contributed by atoms with Gasteiger partial charge in [-0.1, -0.05) is 0 Å². The Balaban J connectivity index is 1.51. The van der Waals surface area contributed by atoms with E-state index in [0.29, 0.717) is 11.2 Å². The standard InChI is InChI=1S/C19H24O2/c1-21-17-4-2-16(3-5-17)18(20)12-19-9-13-6-14(10-19)8-15(7-13)11-19/h2-5,13-15H,6-12H2,1H3. The SMILES string of the molecule is COc1ccc(C(=O)CC23CC4CC(CC(C4)C2)C3)cc1. The van der Waals surface area contributed by atoms with Gasteiger partial charge >= 0.3 is 0 Å². The molecule has 0 unspecified atom stereocenters. The van der Waals surface area contributed by atoms with Gasteiger partial charge in [-0.3, -0.25) is 4.79 Å². The van der Waals surface area contributed by atoms with Crippen molar-refractivity contribution in [3.8, 4) is 5.75 Å². The molecule has 0 N–H and O–H groups in total. The molecule has 0 heterocycles. The summed E-state index contributed by atoms with van der Waals surface area (Å²) in [6, 6.07) is 7.63. The third kappa shape index (κ3) is 2.39. The number of carbonyl (C=O) groups excluding carboxylic acids is 1. The number of benzene rings is 1. The zero-order valence-electron chi connectivity index (χ0n) is 12.8. The minimum absolute atomic E-state index is 0.333. The third-order valence-corrected chi connectivity index (χ3v) is 6.11. The van der Waals surface area contributed by atoms with Gasteiger partial charge in [0.2, 0.25) is 0 Å². The van der Waals surface area contributed by atoms with E-state index < -0.39 is 0 Å². The second-order valence-corrected chi connectivity index (χ2v) is 7.75. The molecule has 0 aliphatic heterocycles. The van der Waals surface area contributed by atoms with Crippen LogP contribution in [0.3, 0.4) is 0 Å². The summed E-state index contributed by atoms with van der Waals surface area (Å²) < 4.78 is 5.17. The molecule has 2 heteroatoms. The summed E-state index contributed by atoms with van der Waals surface area (Å²) in [6.45, 7) is 0. The second kappa shape index (κ2) is 4.86. The summed E-state index contributed by atoms with van der Waals surface area (Å²) >= 11 is 0. The molecular formula is C19H24O2. The number of rotatable bonds is 4. The molecule has 0 spiro atoms. The van der Waals surface area contributed by atoms with Crippen molar-refractivity contribution < 1.29 is 9.53 Å². The van der Waals surface area contributed by atoms with Crippen LogP contribution in [0.15, 0.2) is 24.3 Å². The summed E-state index contributed by atoms with van der Waals surface area (Å²) in [6.07, 6.45) is 9.01. The lowest BCUT2D eigenvalue weighted by molar-refractivity contribution is -0.0524. The number of Topliss-reactive ketones (excluding diaryl/α,β-unsaturated/α-hetero) is 1. The van der Waals surface area contributed by atoms with Crippen LogP contribution in [0.4, 0.5) is 0 Å². The number of methoxy groups -OCH3 is 1. The molecule has 0 aromatic heterocycles. The summed E-state index contributed by atoms with van der Waals surface area (Å²) in [4.78, 5) is 12.7. The first-order chi connectivity index (χ1) is 10.2. The number of ether oxygens (including phenoxy) is 1. The molecule has 1 aromatic rings. The first-order valence-corrected chi connectivity index (χ1v) is 8.33. The van der Waals surface area contributed by atoms with Crippen molar-refractivity contribution in [1.82, 2.24) is 0 Å². The highest BCUT2D eigenvalue weighted by Crippen LogP contribution is 2.61. The van der Waals surface area contributed by atoms with E-state index in [9.17, 15) is 4.79 Å². The molecular weight excluding hydrogens is 260 g/mol. The van der Waals surface area contributed by atoms with Gasteiger partial charge in [0.25, 0.3) is 0 Å². The van der Waals surface area contributed by atoms with Gasteiger partial charge in [-0.2, -0.15) is 0 Å². The van der Waals surface area contributed by atoms with Gasteiger partial charge in [0.05, 0.1) is 7.11 Å². The van der Waals surface area contributed by atoms with E-state index in [1.165, 1.54) is 38.5 Å². The Morgan fingerprint density at radius 3 is 2.05 bits per heavy atom. The molecule has 4 saturated carbocycles. The fraction of sp³-hybridized carbons (Fsp3) is 0.632. The molecule has 0 atom stereocenters. The molecule has 4 fully saturated rings. The van der Waals surface area contributed by atoms with E-state index in [-0.39, 0.29) is 0 Å². The minimum Gasteiger partial charge on any atom is -0.497 e. The lowest BCUT2D eigenvalue weighted by Gasteiger charge is -2.56. The maximum Gasteiger partial charge on any atom is 0.163 e. The monoisotopic (exact) mass is 284 g/mol. The van der Waals surface area contributed by atoms with Crippen LogP contribution in [-0.2, 0) is 0 Å². The van der Waals surface area contributed by atoms with Crippen molar-refractivity contribution in [3.05, 3.63) is 29.8 Å². The van der Waals surface area contributed by atoms with Crippen LogP contribution < -0.4 is 4.74 Å². The highest BCUT2D eigenvalue weighted by molar-refractivity contribution is 5.96. The molecule has 112 valence electrons. The largest absolute Gasteiger partial charge is 0.497 e. The van der Waals surface area contributed by atoms with Crippen LogP contribution in [0.1, 0.15) is 55.3 Å². The quantitative estimate of drug-likeness (QED) is 0.762. The van der Waals surface area contributed by atoms with E-state index in [0.717, 1.165) is 35.5 Å². The highest BCUT2D eigenvalue weighted by atomic mass is 16.5. The van der Waals surface area contributed by atoms with Gasteiger partial charge in [-0.25, -0.2) is 0 Å². The first-order valence-electron chi connectivity index (χ1n) is 8.33. The normalized spacial score (nSPS) is 36.7. The lowest BCUT2D eigenvalue weighted by Crippen LogP contribution is -2.46. The minimum atomic E-state index is 0.333. The highest BCUT2D eigenvalue weighted by Gasteiger charge is 2.51. The number of ketones is 1. The molecule has 21 heavy (non-hydrogen) atoms. The number of hydrogen-bond donors (Lipinski definition) is 0. The average molecular weight is 284 g/mol. The van der Waals surface area contributed by atoms with Crippen molar-refractivity contribution in [3.63, 3.8) is 0 Å². The predicted molar refractivity (Wildman–Crippen MR) is 82.5 cm³/mol. The van der Waals surface area contributed by atoms with Crippen molar-refractivity contribution in [2.24, 2.45) is 23.2 Å². The first kappa shape index (κ1) is 13.4. The second-order valence-electron chi connectivity index (χ2n) is 7.75. The Kier molecular flexibility index (Phi) is 3.09. The van der Waals surface area contributed by atoms with Gasteiger partial charge in [0.1, 0.15) is 5.75 Å². The topological polar surface area (TPSA) is 26.3 Å². The van der Waals surface area contributed by atoms with Gasteiger partial charge in [0, 0.05) is 12.0 Å². The third-order valence-electron chi connectivity index (χ3n) is 6.11. The van der Waals surface area contributed by atoms with Gasteiger partial charge in [-0.15, -0.1) is 0 Å². The molecule has 5 rings (SSSR count). The fourth-order valence-corrected chi connectivity index (χ4v) is 5.73. The number of hydrogen-bond acceptors (Lipinski definition) is 2. The van der Waals surface area contributed by atoms with Crippen LogP contribution in [0.2, 0.25) is 0 Å². The van der Waals surface area contributed by atoms with Gasteiger partial charge < -0.3 is 4.74 Å².